The van der Waals surface area contributed by atoms with Gasteiger partial charge in [-0.25, -0.2) is 0 Å². The molecule has 0 fully saturated rings. The van der Waals surface area contributed by atoms with Gasteiger partial charge in [-0.3, -0.25) is 0 Å². The summed E-state index contributed by atoms with van der Waals surface area (Å²) in [7, 11) is 0. The van der Waals surface area contributed by atoms with E-state index in [1.807, 2.05) is 0 Å². The van der Waals surface area contributed by atoms with Crippen LogP contribution < -0.4 is 0 Å². The van der Waals surface area contributed by atoms with Gasteiger partial charge in [0.25, 0.3) is 0 Å². The van der Waals surface area contributed by atoms with Crippen molar-refractivity contribution in [2.45, 2.75) is 130 Å². The van der Waals surface area contributed by atoms with Crippen LogP contribution in [-0.4, -0.2) is 19.4 Å². The van der Waals surface area contributed by atoms with Gasteiger partial charge < -0.3 is 4.74 Å². The minimum atomic E-state index is -3.97. The van der Waals surface area contributed by atoms with Crippen LogP contribution in [-0.2, 0) is 4.74 Å². The minimum absolute atomic E-state index is 0.297. The Kier molecular flexibility index (Phi) is 16.5. The summed E-state index contributed by atoms with van der Waals surface area (Å²) in [6, 6.07) is 0. The van der Waals surface area contributed by atoms with E-state index in [0.29, 0.717) is 11.8 Å². The molecule has 0 aromatic carbocycles. The molecule has 4 heteroatoms. The zero-order valence-corrected chi connectivity index (χ0v) is 18.3. The van der Waals surface area contributed by atoms with Gasteiger partial charge in [-0.2, -0.15) is 13.2 Å². The van der Waals surface area contributed by atoms with Crippen molar-refractivity contribution in [2.75, 3.05) is 13.2 Å². The average molecular weight is 395 g/mol. The largest absolute Gasteiger partial charge is 0.389 e. The molecular formula is C23H45F3O. The van der Waals surface area contributed by atoms with E-state index in [9.17, 15) is 13.2 Å². The SMILES string of the molecule is CC(C)(C)CCCOCCCCCCCCCCCCCCCC(F)(F)F. The minimum Gasteiger partial charge on any atom is -0.381 e. The first-order valence-electron chi connectivity index (χ1n) is 11.4. The molecule has 0 N–H and O–H groups in total. The van der Waals surface area contributed by atoms with Crippen LogP contribution in [0.25, 0.3) is 0 Å². The molecule has 27 heavy (non-hydrogen) atoms. The Morgan fingerprint density at radius 1 is 0.481 bits per heavy atom. The van der Waals surface area contributed by atoms with Gasteiger partial charge in [0, 0.05) is 19.6 Å². The number of unbranched alkanes of at least 4 members (excludes halogenated alkanes) is 12. The molecule has 0 rings (SSSR count). The Morgan fingerprint density at radius 2 is 0.852 bits per heavy atom. The molecule has 0 saturated heterocycles. The maximum Gasteiger partial charge on any atom is 0.389 e. The summed E-state index contributed by atoms with van der Waals surface area (Å²) in [6.45, 7) is 8.63. The van der Waals surface area contributed by atoms with Crippen LogP contribution in [0.5, 0.6) is 0 Å². The monoisotopic (exact) mass is 394 g/mol. The molecule has 0 atom stereocenters. The smallest absolute Gasteiger partial charge is 0.381 e. The molecule has 0 saturated carbocycles. The van der Waals surface area contributed by atoms with Gasteiger partial charge in [0.1, 0.15) is 0 Å². The summed E-state index contributed by atoms with van der Waals surface area (Å²) in [5.41, 5.74) is 0.417. The lowest BCUT2D eigenvalue weighted by Crippen LogP contribution is -2.07. The number of hydrogen-bond acceptors (Lipinski definition) is 1. The molecule has 0 heterocycles. The normalized spacial score (nSPS) is 12.7. The Bertz CT molecular complexity index is 278. The van der Waals surface area contributed by atoms with Crippen molar-refractivity contribution < 1.29 is 17.9 Å². The highest BCUT2D eigenvalue weighted by atomic mass is 19.4. The van der Waals surface area contributed by atoms with E-state index in [-0.39, 0.29) is 0 Å². The number of halogens is 3. The number of ether oxygens (including phenoxy) is 1. The summed E-state index contributed by atoms with van der Waals surface area (Å²) in [6.07, 6.45) is 12.3. The molecule has 0 amide bonds. The van der Waals surface area contributed by atoms with Crippen LogP contribution in [0.3, 0.4) is 0 Å². The number of rotatable bonds is 18. The summed E-state index contributed by atoms with van der Waals surface area (Å²) in [5.74, 6) is 0. The Balaban J connectivity index is 3.07. The first-order valence-corrected chi connectivity index (χ1v) is 11.4. The standard InChI is InChI=1S/C23H45F3O/c1-22(2,3)18-17-21-27-20-16-14-12-10-8-6-4-5-7-9-11-13-15-19-23(24,25)26/h4-21H2,1-3H3. The third-order valence-corrected chi connectivity index (χ3v) is 4.96. The highest BCUT2D eigenvalue weighted by Gasteiger charge is 2.25. The van der Waals surface area contributed by atoms with Crippen LogP contribution in [0.15, 0.2) is 0 Å². The van der Waals surface area contributed by atoms with E-state index < -0.39 is 12.6 Å². The Hall–Kier alpha value is -0.250. The van der Waals surface area contributed by atoms with Crippen molar-refractivity contribution in [1.82, 2.24) is 0 Å². The molecule has 1 nitrogen and oxygen atoms in total. The molecule has 0 spiro atoms. The quantitative estimate of drug-likeness (QED) is 0.211. The summed E-state index contributed by atoms with van der Waals surface area (Å²) < 4.78 is 41.7. The molecule has 0 radical (unpaired) electrons. The molecule has 0 unspecified atom stereocenters. The Labute approximate surface area is 166 Å². The van der Waals surface area contributed by atoms with Crippen molar-refractivity contribution in [3.63, 3.8) is 0 Å². The van der Waals surface area contributed by atoms with Gasteiger partial charge in [0.15, 0.2) is 0 Å². The van der Waals surface area contributed by atoms with Gasteiger partial charge in [0.2, 0.25) is 0 Å². The van der Waals surface area contributed by atoms with Crippen molar-refractivity contribution >= 4 is 0 Å². The van der Waals surface area contributed by atoms with E-state index in [0.717, 1.165) is 38.9 Å². The lowest BCUT2D eigenvalue weighted by atomic mass is 9.91. The van der Waals surface area contributed by atoms with E-state index in [1.54, 1.807) is 0 Å². The van der Waals surface area contributed by atoms with Crippen LogP contribution in [0.1, 0.15) is 124 Å². The first-order chi connectivity index (χ1) is 12.7. The first kappa shape index (κ1) is 26.8. The molecule has 0 aliphatic heterocycles. The third kappa shape index (κ3) is 25.8. The van der Waals surface area contributed by atoms with Gasteiger partial charge in [-0.15, -0.1) is 0 Å². The highest BCUT2D eigenvalue weighted by molar-refractivity contribution is 4.60. The second-order valence-corrected chi connectivity index (χ2v) is 9.24. The van der Waals surface area contributed by atoms with Gasteiger partial charge in [0.05, 0.1) is 0 Å². The van der Waals surface area contributed by atoms with Crippen LogP contribution >= 0.6 is 0 Å². The predicted octanol–water partition coefficient (Wildman–Crippen LogP) is 8.85. The van der Waals surface area contributed by atoms with E-state index in [1.165, 1.54) is 64.2 Å². The van der Waals surface area contributed by atoms with Crippen LogP contribution in [0.2, 0.25) is 0 Å². The molecule has 164 valence electrons. The van der Waals surface area contributed by atoms with Crippen LogP contribution in [0, 0.1) is 5.41 Å². The van der Waals surface area contributed by atoms with E-state index in [4.69, 9.17) is 4.74 Å². The molecular weight excluding hydrogens is 349 g/mol. The maximum absolute atomic E-state index is 12.0. The average Bonchev–Trinajstić information content (AvgIpc) is 2.55. The zero-order chi connectivity index (χ0) is 20.4. The Morgan fingerprint density at radius 3 is 1.26 bits per heavy atom. The second-order valence-electron chi connectivity index (χ2n) is 9.24. The van der Waals surface area contributed by atoms with Crippen molar-refractivity contribution in [1.29, 1.82) is 0 Å². The molecule has 0 bridgehead atoms. The van der Waals surface area contributed by atoms with Gasteiger partial charge in [-0.1, -0.05) is 91.4 Å². The lowest BCUT2D eigenvalue weighted by molar-refractivity contribution is -0.135. The molecule has 0 aromatic heterocycles. The highest BCUT2D eigenvalue weighted by Crippen LogP contribution is 2.23. The lowest BCUT2D eigenvalue weighted by Gasteiger charge is -2.17. The van der Waals surface area contributed by atoms with Crippen molar-refractivity contribution in [3.8, 4) is 0 Å². The fraction of sp³-hybridized carbons (Fsp3) is 1.00. The van der Waals surface area contributed by atoms with Gasteiger partial charge >= 0.3 is 6.18 Å². The number of hydrogen-bond donors (Lipinski definition) is 0. The summed E-state index contributed by atoms with van der Waals surface area (Å²) in [5, 5.41) is 0. The van der Waals surface area contributed by atoms with E-state index >= 15 is 0 Å². The summed E-state index contributed by atoms with van der Waals surface area (Å²) in [4.78, 5) is 0. The van der Waals surface area contributed by atoms with Crippen molar-refractivity contribution in [3.05, 3.63) is 0 Å². The molecule has 0 aromatic rings. The van der Waals surface area contributed by atoms with Gasteiger partial charge in [-0.05, 0) is 31.1 Å². The fourth-order valence-corrected chi connectivity index (χ4v) is 3.28. The summed E-state index contributed by atoms with van der Waals surface area (Å²) >= 11 is 0. The third-order valence-electron chi connectivity index (χ3n) is 4.96. The van der Waals surface area contributed by atoms with Crippen LogP contribution in [0.4, 0.5) is 13.2 Å². The molecule has 0 aliphatic carbocycles. The topological polar surface area (TPSA) is 9.23 Å². The second kappa shape index (κ2) is 16.7. The maximum atomic E-state index is 12.0. The van der Waals surface area contributed by atoms with E-state index in [2.05, 4.69) is 20.8 Å². The zero-order valence-electron chi connectivity index (χ0n) is 18.3. The number of alkyl halides is 3. The fourth-order valence-electron chi connectivity index (χ4n) is 3.28. The van der Waals surface area contributed by atoms with Crippen molar-refractivity contribution in [2.24, 2.45) is 5.41 Å². The molecule has 0 aliphatic rings. The predicted molar refractivity (Wildman–Crippen MR) is 110 cm³/mol.